The van der Waals surface area contributed by atoms with E-state index in [4.69, 9.17) is 9.47 Å². The van der Waals surface area contributed by atoms with Crippen molar-refractivity contribution >= 4 is 17.9 Å². The average molecular weight is 575 g/mol. The number of esters is 2. The Kier molecular flexibility index (Phi) is 8.63. The maximum Gasteiger partial charge on any atom is 0.331 e. The quantitative estimate of drug-likeness (QED) is 0.224. The van der Waals surface area contributed by atoms with E-state index in [0.29, 0.717) is 43.3 Å². The third kappa shape index (κ3) is 4.97. The molecule has 0 aromatic heterocycles. The second-order valence-corrected chi connectivity index (χ2v) is 14.3. The minimum absolute atomic E-state index is 0.0364. The lowest BCUT2D eigenvalue weighted by Gasteiger charge is -2.70. The molecule has 0 aromatic rings. The summed E-state index contributed by atoms with van der Waals surface area (Å²) < 4.78 is 11.8. The number of carbonyl (C=O) groups is 3. The van der Waals surface area contributed by atoms with Gasteiger partial charge in [0.25, 0.3) is 0 Å². The van der Waals surface area contributed by atoms with Crippen LogP contribution in [0.15, 0.2) is 22.8 Å². The number of hydrogen-bond acceptors (Lipinski definition) is 7. The highest BCUT2D eigenvalue weighted by Gasteiger charge is 2.74. The first-order valence-corrected chi connectivity index (χ1v) is 15.3. The molecule has 4 aliphatic rings. The van der Waals surface area contributed by atoms with E-state index < -0.39 is 53.2 Å². The first-order chi connectivity index (χ1) is 19.0. The maximum atomic E-state index is 12.7. The Bertz CT molecular complexity index is 1140. The first-order valence-electron chi connectivity index (χ1n) is 15.3. The van der Waals surface area contributed by atoms with Crippen molar-refractivity contribution in [2.75, 3.05) is 0 Å². The number of aliphatic hydroxyl groups excluding tert-OH is 2. The highest BCUT2D eigenvalue weighted by molar-refractivity contribution is 5.88. The van der Waals surface area contributed by atoms with Crippen molar-refractivity contribution in [3.63, 3.8) is 0 Å². The molecule has 0 bridgehead atoms. The molecule has 0 radical (unpaired) electrons. The summed E-state index contributed by atoms with van der Waals surface area (Å²) in [6.07, 6.45) is 3.08. The molecule has 0 spiro atoms. The van der Waals surface area contributed by atoms with Gasteiger partial charge in [-0.25, -0.2) is 4.79 Å². The second-order valence-electron chi connectivity index (χ2n) is 14.3. The molecule has 8 nitrogen and oxygen atoms in total. The number of aliphatic carboxylic acids is 1. The Balaban J connectivity index is 1.89. The number of carboxylic acid groups (broad SMARTS) is 1. The van der Waals surface area contributed by atoms with Crippen molar-refractivity contribution in [2.24, 2.45) is 39.9 Å². The Morgan fingerprint density at radius 2 is 1.61 bits per heavy atom. The molecule has 0 aliphatic heterocycles. The molecule has 41 heavy (non-hydrogen) atoms. The van der Waals surface area contributed by atoms with Crippen LogP contribution in [0.5, 0.6) is 0 Å². The molecule has 4 saturated carbocycles. The summed E-state index contributed by atoms with van der Waals surface area (Å²) in [7, 11) is 0. The fourth-order valence-corrected chi connectivity index (χ4v) is 10.1. The van der Waals surface area contributed by atoms with Crippen LogP contribution < -0.4 is 0 Å². The topological polar surface area (TPSA) is 130 Å². The minimum Gasteiger partial charge on any atom is -0.478 e. The molecule has 11 unspecified atom stereocenters. The SMILES string of the molecule is CC(=O)OC1CC2(C)C(CCC3C4(C)CCC(O)C(C)C4C(OC(C)=O)C(O)C32C)C1=C(CCC=C(C)C)C(=O)O. The largest absolute Gasteiger partial charge is 0.478 e. The van der Waals surface area contributed by atoms with Crippen molar-refractivity contribution in [2.45, 2.75) is 125 Å². The molecule has 230 valence electrons. The molecule has 3 N–H and O–H groups in total. The third-order valence-corrected chi connectivity index (χ3v) is 12.0. The Hall–Kier alpha value is -2.19. The summed E-state index contributed by atoms with van der Waals surface area (Å²) in [5.74, 6) is -2.50. The molecule has 8 heteroatoms. The van der Waals surface area contributed by atoms with E-state index in [1.165, 1.54) is 13.8 Å². The fraction of sp³-hybridized carbons (Fsp3) is 0.788. The van der Waals surface area contributed by atoms with Crippen LogP contribution in [-0.4, -0.2) is 57.6 Å². The summed E-state index contributed by atoms with van der Waals surface area (Å²) in [6, 6.07) is 0. The van der Waals surface area contributed by atoms with Crippen molar-refractivity contribution < 1.29 is 39.2 Å². The second kappa shape index (κ2) is 11.1. The van der Waals surface area contributed by atoms with E-state index >= 15 is 0 Å². The van der Waals surface area contributed by atoms with Crippen molar-refractivity contribution in [1.29, 1.82) is 0 Å². The van der Waals surface area contributed by atoms with E-state index in [-0.39, 0.29) is 29.1 Å². The highest BCUT2D eigenvalue weighted by atomic mass is 16.6. The van der Waals surface area contributed by atoms with E-state index in [1.54, 1.807) is 0 Å². The number of fused-ring (bicyclic) bond motifs is 5. The lowest BCUT2D eigenvalue weighted by Crippen LogP contribution is -2.72. The van der Waals surface area contributed by atoms with Gasteiger partial charge in [0.05, 0.1) is 12.2 Å². The zero-order valence-corrected chi connectivity index (χ0v) is 26.0. The molecule has 11 atom stereocenters. The van der Waals surface area contributed by atoms with Gasteiger partial charge in [0.2, 0.25) is 0 Å². The minimum atomic E-state index is -1.04. The van der Waals surface area contributed by atoms with Gasteiger partial charge in [0.1, 0.15) is 12.2 Å². The van der Waals surface area contributed by atoms with E-state index in [0.717, 1.165) is 18.4 Å². The van der Waals surface area contributed by atoms with Crippen LogP contribution in [0.3, 0.4) is 0 Å². The number of rotatable bonds is 6. The van der Waals surface area contributed by atoms with E-state index in [2.05, 4.69) is 20.8 Å². The highest BCUT2D eigenvalue weighted by Crippen LogP contribution is 2.74. The standard InChI is InChI=1S/C33H50O8/c1-17(2)10-9-11-21(30(38)39)26-22-12-13-25-31(6)15-14-23(36)18(3)27(31)28(41-20(5)35)29(37)33(25,8)32(22,7)16-24(26)40-19(4)34/h10,18,22-25,27-29,36-37H,9,11-16H2,1-8H3,(H,38,39). The van der Waals surface area contributed by atoms with Gasteiger partial charge < -0.3 is 24.8 Å². The summed E-state index contributed by atoms with van der Waals surface area (Å²) >= 11 is 0. The zero-order valence-electron chi connectivity index (χ0n) is 26.0. The number of carbonyl (C=O) groups excluding carboxylic acids is 2. The number of carboxylic acids is 1. The van der Waals surface area contributed by atoms with Crippen LogP contribution in [0.2, 0.25) is 0 Å². The number of aliphatic hydroxyl groups is 2. The molecule has 4 rings (SSSR count). The van der Waals surface area contributed by atoms with Gasteiger partial charge in [0, 0.05) is 30.8 Å². The summed E-state index contributed by atoms with van der Waals surface area (Å²) in [6.45, 7) is 15.1. The van der Waals surface area contributed by atoms with E-state index in [1.807, 2.05) is 26.8 Å². The van der Waals surface area contributed by atoms with Crippen molar-refractivity contribution in [3.8, 4) is 0 Å². The third-order valence-electron chi connectivity index (χ3n) is 12.0. The van der Waals surface area contributed by atoms with E-state index in [9.17, 15) is 29.7 Å². The molecule has 0 saturated heterocycles. The van der Waals surface area contributed by atoms with Gasteiger partial charge in [-0.05, 0) is 93.0 Å². The smallest absolute Gasteiger partial charge is 0.331 e. The van der Waals surface area contributed by atoms with Crippen LogP contribution in [0.25, 0.3) is 0 Å². The first kappa shape index (κ1) is 31.7. The van der Waals surface area contributed by atoms with Crippen LogP contribution in [0.4, 0.5) is 0 Å². The summed E-state index contributed by atoms with van der Waals surface area (Å²) in [5.41, 5.74) is 0.360. The van der Waals surface area contributed by atoms with Gasteiger partial charge >= 0.3 is 17.9 Å². The monoisotopic (exact) mass is 574 g/mol. The number of ether oxygens (including phenoxy) is 2. The molecular formula is C33H50O8. The van der Waals surface area contributed by atoms with Crippen LogP contribution in [0.1, 0.15) is 100 Å². The van der Waals surface area contributed by atoms with Gasteiger partial charge in [-0.3, -0.25) is 9.59 Å². The Morgan fingerprint density at radius 3 is 2.17 bits per heavy atom. The van der Waals surface area contributed by atoms with Gasteiger partial charge in [-0.1, -0.05) is 39.3 Å². The van der Waals surface area contributed by atoms with Crippen LogP contribution in [-0.2, 0) is 23.9 Å². The molecular weight excluding hydrogens is 524 g/mol. The maximum absolute atomic E-state index is 12.7. The average Bonchev–Trinajstić information content (AvgIpc) is 3.14. The van der Waals surface area contributed by atoms with Gasteiger partial charge in [-0.2, -0.15) is 0 Å². The molecule has 4 aliphatic carbocycles. The van der Waals surface area contributed by atoms with Gasteiger partial charge in [0.15, 0.2) is 0 Å². The Labute approximate surface area is 244 Å². The summed E-state index contributed by atoms with van der Waals surface area (Å²) in [4.78, 5) is 37.5. The van der Waals surface area contributed by atoms with Crippen LogP contribution >= 0.6 is 0 Å². The van der Waals surface area contributed by atoms with Crippen molar-refractivity contribution in [1.82, 2.24) is 0 Å². The lowest BCUT2D eigenvalue weighted by molar-refractivity contribution is -0.288. The number of hydrogen-bond donors (Lipinski definition) is 3. The zero-order chi connectivity index (χ0) is 30.7. The lowest BCUT2D eigenvalue weighted by atomic mass is 9.35. The van der Waals surface area contributed by atoms with Gasteiger partial charge in [-0.15, -0.1) is 0 Å². The summed E-state index contributed by atoms with van der Waals surface area (Å²) in [5, 5.41) is 33.6. The molecule has 0 heterocycles. The Morgan fingerprint density at radius 1 is 0.976 bits per heavy atom. The normalized spacial score (nSPS) is 44.5. The predicted molar refractivity (Wildman–Crippen MR) is 153 cm³/mol. The number of allylic oxidation sites excluding steroid dienone is 2. The molecule has 0 amide bonds. The van der Waals surface area contributed by atoms with Crippen LogP contribution in [0, 0.1) is 39.9 Å². The fourth-order valence-electron chi connectivity index (χ4n) is 10.1. The molecule has 4 fully saturated rings. The van der Waals surface area contributed by atoms with Crippen molar-refractivity contribution in [3.05, 3.63) is 22.8 Å². The molecule has 0 aromatic carbocycles. The predicted octanol–water partition coefficient (Wildman–Crippen LogP) is 5.21.